The lowest BCUT2D eigenvalue weighted by atomic mass is 9.71. The molecule has 7 heterocycles. The van der Waals surface area contributed by atoms with Gasteiger partial charge in [-0.15, -0.1) is 22.7 Å². The molecular formula is C55H81N7OS2. The van der Waals surface area contributed by atoms with Crippen LogP contribution < -0.4 is 0 Å². The first-order valence-corrected chi connectivity index (χ1v) is 25.3. The number of imidazole rings is 1. The van der Waals surface area contributed by atoms with Gasteiger partial charge in [0.1, 0.15) is 6.26 Å². The smallest absolute Gasteiger partial charge is 0.180 e. The monoisotopic (exact) mass is 920 g/mol. The number of aromatic nitrogens is 7. The van der Waals surface area contributed by atoms with E-state index >= 15 is 0 Å². The maximum atomic E-state index is 4.80. The summed E-state index contributed by atoms with van der Waals surface area (Å²) in [5.74, 6) is 4.81. The first kappa shape index (κ1) is 54.7. The van der Waals surface area contributed by atoms with Crippen LogP contribution >= 0.6 is 22.7 Å². The van der Waals surface area contributed by atoms with Gasteiger partial charge < -0.3 is 9.40 Å². The van der Waals surface area contributed by atoms with Crippen molar-refractivity contribution in [3.05, 3.63) is 158 Å². The fraction of sp³-hybridized carbons (Fsp3) is 0.509. The van der Waals surface area contributed by atoms with Gasteiger partial charge in [-0.25, -0.2) is 9.97 Å². The second-order valence-electron chi connectivity index (χ2n) is 20.1. The van der Waals surface area contributed by atoms with Gasteiger partial charge in [-0.05, 0) is 120 Å². The number of nitrogens with zero attached hydrogens (tertiary/aromatic N) is 6. The molecule has 0 spiro atoms. The van der Waals surface area contributed by atoms with Crippen LogP contribution in [0.2, 0.25) is 0 Å². The third-order valence-electron chi connectivity index (χ3n) is 11.0. The van der Waals surface area contributed by atoms with Crippen LogP contribution in [0, 0.1) is 48.9 Å². The second-order valence-corrected chi connectivity index (χ2v) is 22.0. The van der Waals surface area contributed by atoms with E-state index in [1.807, 2.05) is 71.3 Å². The van der Waals surface area contributed by atoms with Crippen LogP contribution in [0.4, 0.5) is 0 Å². The molecule has 65 heavy (non-hydrogen) atoms. The van der Waals surface area contributed by atoms with Crippen molar-refractivity contribution >= 4 is 22.7 Å². The standard InChI is InChI=1S/C15H21N3.C14H23N.C12H14S2.C7H12N2.C7H11NO/c1-11(2)14(8-13-9-17-18(4)10-13)15-12(3)6-5-7-16-15;1-10(2)12(14(4,5)6)13-11(3)8-7-9-15-13;1-9(2)12(10-5-3-7-13-10)11-6-4-8-14-11;1-6(2)3-7-4-8-5-9-7;1-6(2)3-7-4-9-5-8-7/h5-7,9-11,14H,8H2,1-4H3;7-10,12H,1-6H3;3-9,12H,1-2H3;4-6H,3H2,1-2H3,(H,8,9);4-6H,3H2,1-2H3. The lowest BCUT2D eigenvalue weighted by molar-refractivity contribution is 0.252. The molecule has 0 aliphatic carbocycles. The molecule has 0 aliphatic rings. The largest absolute Gasteiger partial charge is 0.451 e. The molecule has 0 radical (unpaired) electrons. The molecule has 7 rings (SSSR count). The third kappa shape index (κ3) is 19.4. The number of nitrogens with one attached hydrogen (secondary N) is 1. The normalized spacial score (nSPS) is 12.3. The summed E-state index contributed by atoms with van der Waals surface area (Å²) < 4.78 is 6.66. The van der Waals surface area contributed by atoms with Gasteiger partial charge in [0.15, 0.2) is 6.39 Å². The Morgan fingerprint density at radius 2 is 1.26 bits per heavy atom. The predicted octanol–water partition coefficient (Wildman–Crippen LogP) is 15.4. The minimum atomic E-state index is 0.271. The van der Waals surface area contributed by atoms with Crippen molar-refractivity contribution in [2.24, 2.45) is 42.1 Å². The van der Waals surface area contributed by atoms with Gasteiger partial charge >= 0.3 is 0 Å². The molecule has 0 fully saturated rings. The zero-order valence-corrected chi connectivity index (χ0v) is 44.2. The molecule has 0 saturated heterocycles. The molecule has 0 saturated carbocycles. The van der Waals surface area contributed by atoms with Crippen LogP contribution in [0.1, 0.15) is 157 Å². The Morgan fingerprint density at radius 1 is 0.677 bits per heavy atom. The number of hydrogen-bond donors (Lipinski definition) is 1. The van der Waals surface area contributed by atoms with Crippen molar-refractivity contribution in [2.45, 2.75) is 141 Å². The van der Waals surface area contributed by atoms with Crippen LogP contribution in [0.15, 0.2) is 114 Å². The van der Waals surface area contributed by atoms with E-state index in [1.165, 1.54) is 49.9 Å². The summed E-state index contributed by atoms with van der Waals surface area (Å²) in [6.45, 7) is 33.6. The molecule has 0 aromatic carbocycles. The zero-order chi connectivity index (χ0) is 48.1. The van der Waals surface area contributed by atoms with Gasteiger partial charge in [-0.2, -0.15) is 5.10 Å². The summed E-state index contributed by atoms with van der Waals surface area (Å²) in [7, 11) is 1.96. The summed E-state index contributed by atoms with van der Waals surface area (Å²) >= 11 is 3.73. The topological polar surface area (TPSA) is 98.3 Å². The number of aromatic amines is 1. The molecule has 1 N–H and O–H groups in total. The van der Waals surface area contributed by atoms with Crippen molar-refractivity contribution in [1.29, 1.82) is 0 Å². The summed E-state index contributed by atoms with van der Waals surface area (Å²) in [4.78, 5) is 23.1. The fourth-order valence-electron chi connectivity index (χ4n) is 8.24. The van der Waals surface area contributed by atoms with Crippen LogP contribution in [-0.4, -0.2) is 34.7 Å². The van der Waals surface area contributed by atoms with Gasteiger partial charge in [0, 0.05) is 76.4 Å². The van der Waals surface area contributed by atoms with Crippen molar-refractivity contribution in [3.8, 4) is 0 Å². The number of aryl methyl sites for hydroxylation is 3. The van der Waals surface area contributed by atoms with Crippen LogP contribution in [0.5, 0.6) is 0 Å². The van der Waals surface area contributed by atoms with E-state index < -0.39 is 0 Å². The molecule has 7 aromatic heterocycles. The third-order valence-corrected chi connectivity index (χ3v) is 12.9. The van der Waals surface area contributed by atoms with E-state index in [9.17, 15) is 0 Å². The molecule has 0 amide bonds. The van der Waals surface area contributed by atoms with Gasteiger partial charge in [0.2, 0.25) is 0 Å². The molecule has 354 valence electrons. The molecule has 0 aliphatic heterocycles. The number of H-pyrrole nitrogens is 1. The molecule has 7 aromatic rings. The predicted molar refractivity (Wildman–Crippen MR) is 277 cm³/mol. The maximum absolute atomic E-state index is 4.80. The Labute approximate surface area is 401 Å². The van der Waals surface area contributed by atoms with Gasteiger partial charge in [0.05, 0.1) is 18.2 Å². The molecule has 2 unspecified atom stereocenters. The SMILES string of the molecule is CC(C)C(c1cccs1)c1cccs1.CC(C)Cc1cnc[nH]1.CC(C)Cc1cocn1.Cc1cccnc1C(C(C)C)C(C)(C)C.Cc1cccnc1C(Cc1cnn(C)c1)C(C)C. The van der Waals surface area contributed by atoms with E-state index in [-0.39, 0.29) is 5.41 Å². The average molecular weight is 920 g/mol. The zero-order valence-electron chi connectivity index (χ0n) is 42.5. The number of hydrogen-bond acceptors (Lipinski definition) is 8. The van der Waals surface area contributed by atoms with Crippen molar-refractivity contribution in [3.63, 3.8) is 0 Å². The van der Waals surface area contributed by atoms with Crippen LogP contribution in [-0.2, 0) is 26.3 Å². The Kier molecular flexibility index (Phi) is 23.3. The molecule has 8 nitrogen and oxygen atoms in total. The highest BCUT2D eigenvalue weighted by Gasteiger charge is 2.31. The van der Waals surface area contributed by atoms with E-state index in [0.717, 1.165) is 25.0 Å². The number of oxazole rings is 1. The van der Waals surface area contributed by atoms with Gasteiger partial charge in [0.25, 0.3) is 0 Å². The second kappa shape index (κ2) is 27.7. The van der Waals surface area contributed by atoms with Crippen molar-refractivity contribution < 1.29 is 4.42 Å². The first-order chi connectivity index (χ1) is 30.8. The van der Waals surface area contributed by atoms with Gasteiger partial charge in [-0.3, -0.25) is 14.6 Å². The van der Waals surface area contributed by atoms with E-state index in [0.29, 0.717) is 47.3 Å². The summed E-state index contributed by atoms with van der Waals surface area (Å²) in [6.07, 6.45) is 17.7. The summed E-state index contributed by atoms with van der Waals surface area (Å²) in [5.41, 5.74) is 8.90. The molecule has 10 heteroatoms. The molecule has 2 atom stereocenters. The fourth-order valence-corrected chi connectivity index (χ4v) is 10.4. The lowest BCUT2D eigenvalue weighted by Crippen LogP contribution is -2.25. The molecular weight excluding hydrogens is 839 g/mol. The van der Waals surface area contributed by atoms with Crippen LogP contribution in [0.3, 0.4) is 0 Å². The first-order valence-electron chi connectivity index (χ1n) is 23.5. The van der Waals surface area contributed by atoms with Gasteiger partial charge in [-0.1, -0.05) is 114 Å². The van der Waals surface area contributed by atoms with Crippen LogP contribution in [0.25, 0.3) is 0 Å². The minimum Gasteiger partial charge on any atom is -0.451 e. The Hall–Kier alpha value is -4.67. The lowest BCUT2D eigenvalue weighted by Gasteiger charge is -2.34. The average Bonchev–Trinajstić information content (AvgIpc) is 4.08. The highest BCUT2D eigenvalue weighted by molar-refractivity contribution is 7.11. The Balaban J connectivity index is 0.000000221. The number of pyridine rings is 2. The highest BCUT2D eigenvalue weighted by Crippen LogP contribution is 2.41. The van der Waals surface area contributed by atoms with E-state index in [1.54, 1.807) is 12.6 Å². The molecule has 0 bridgehead atoms. The van der Waals surface area contributed by atoms with E-state index in [2.05, 4.69) is 187 Å². The van der Waals surface area contributed by atoms with E-state index in [4.69, 9.17) is 4.42 Å². The summed E-state index contributed by atoms with van der Waals surface area (Å²) in [6, 6.07) is 17.1. The quantitative estimate of drug-likeness (QED) is 0.124. The Morgan fingerprint density at radius 3 is 1.65 bits per heavy atom. The maximum Gasteiger partial charge on any atom is 0.180 e. The van der Waals surface area contributed by atoms with Crippen molar-refractivity contribution in [1.82, 2.24) is 34.7 Å². The summed E-state index contributed by atoms with van der Waals surface area (Å²) in [5, 5.41) is 8.57. The minimum absolute atomic E-state index is 0.271. The number of rotatable bonds is 13. The number of thiophene rings is 2. The highest BCUT2D eigenvalue weighted by atomic mass is 32.1. The van der Waals surface area contributed by atoms with Crippen molar-refractivity contribution in [2.75, 3.05) is 0 Å². The Bertz CT molecular complexity index is 2150.